The number of amides is 1. The Labute approximate surface area is 197 Å². The Bertz CT molecular complexity index is 895. The Hall–Kier alpha value is -2.77. The van der Waals surface area contributed by atoms with Crippen molar-refractivity contribution in [3.63, 3.8) is 0 Å². The van der Waals surface area contributed by atoms with Gasteiger partial charge in [0.1, 0.15) is 11.5 Å². The van der Waals surface area contributed by atoms with E-state index in [1.807, 2.05) is 37.9 Å². The highest BCUT2D eigenvalue weighted by molar-refractivity contribution is 5.94. The van der Waals surface area contributed by atoms with Crippen LogP contribution in [0, 0.1) is 0 Å². The lowest BCUT2D eigenvalue weighted by molar-refractivity contribution is -0.117. The number of hydrogen-bond donors (Lipinski definition) is 1. The van der Waals surface area contributed by atoms with Gasteiger partial charge in [-0.3, -0.25) is 9.69 Å². The maximum atomic E-state index is 12.8. The molecule has 0 aliphatic carbocycles. The molecule has 2 aromatic carbocycles. The maximum absolute atomic E-state index is 12.8. The molecular weight excluding hydrogens is 418 g/mol. The summed E-state index contributed by atoms with van der Waals surface area (Å²) in [5.74, 6) is 1.29. The van der Waals surface area contributed by atoms with E-state index < -0.39 is 0 Å². The molecule has 0 saturated carbocycles. The minimum absolute atomic E-state index is 0.0924. The third kappa shape index (κ3) is 7.11. The minimum Gasteiger partial charge on any atom is -0.492 e. The van der Waals surface area contributed by atoms with Crippen molar-refractivity contribution in [2.24, 2.45) is 0 Å². The van der Waals surface area contributed by atoms with Gasteiger partial charge in [-0.1, -0.05) is 31.2 Å². The number of benzene rings is 2. The largest absolute Gasteiger partial charge is 0.492 e. The van der Waals surface area contributed by atoms with Crippen molar-refractivity contribution in [2.75, 3.05) is 63.3 Å². The van der Waals surface area contributed by atoms with E-state index in [1.54, 1.807) is 0 Å². The molecule has 1 amide bonds. The SMILES string of the molecule is CCOc1cc(N2CCOCC2)c(OCC)cc1NC(=O)CN(C)Cc1ccc(CC)cc1. The summed E-state index contributed by atoms with van der Waals surface area (Å²) in [6, 6.07) is 12.4. The number of anilines is 2. The lowest BCUT2D eigenvalue weighted by Gasteiger charge is -2.31. The quantitative estimate of drug-likeness (QED) is 0.554. The molecule has 1 aliphatic rings. The van der Waals surface area contributed by atoms with Gasteiger partial charge < -0.3 is 24.4 Å². The topological polar surface area (TPSA) is 63.3 Å². The number of aryl methyl sites for hydroxylation is 1. The zero-order chi connectivity index (χ0) is 23.6. The lowest BCUT2D eigenvalue weighted by atomic mass is 10.1. The van der Waals surface area contributed by atoms with Crippen LogP contribution in [0.3, 0.4) is 0 Å². The van der Waals surface area contributed by atoms with Crippen LogP contribution in [0.15, 0.2) is 36.4 Å². The number of hydrogen-bond acceptors (Lipinski definition) is 6. The summed E-state index contributed by atoms with van der Waals surface area (Å²) in [4.78, 5) is 17.1. The van der Waals surface area contributed by atoms with Crippen LogP contribution in [-0.4, -0.2) is 63.9 Å². The average molecular weight is 456 g/mol. The van der Waals surface area contributed by atoms with Gasteiger partial charge in [0, 0.05) is 31.8 Å². The van der Waals surface area contributed by atoms with Crippen LogP contribution in [0.1, 0.15) is 31.9 Å². The Kier molecular flexibility index (Phi) is 9.39. The smallest absolute Gasteiger partial charge is 0.238 e. The molecule has 180 valence electrons. The van der Waals surface area contributed by atoms with E-state index in [2.05, 4.69) is 41.4 Å². The van der Waals surface area contributed by atoms with Crippen LogP contribution >= 0.6 is 0 Å². The van der Waals surface area contributed by atoms with E-state index >= 15 is 0 Å². The number of nitrogens with zero attached hydrogens (tertiary/aromatic N) is 2. The fraction of sp³-hybridized carbons (Fsp3) is 0.500. The predicted molar refractivity (Wildman–Crippen MR) is 133 cm³/mol. The number of rotatable bonds is 11. The van der Waals surface area contributed by atoms with E-state index in [-0.39, 0.29) is 12.5 Å². The summed E-state index contributed by atoms with van der Waals surface area (Å²) in [7, 11) is 1.95. The van der Waals surface area contributed by atoms with Crippen LogP contribution in [0.2, 0.25) is 0 Å². The van der Waals surface area contributed by atoms with Crippen LogP contribution in [-0.2, 0) is 22.5 Å². The number of likely N-dealkylation sites (N-methyl/N-ethyl adjacent to an activating group) is 1. The standard InChI is InChI=1S/C26H37N3O4/c1-5-20-8-10-21(11-9-20)18-28(4)19-26(30)27-22-16-25(33-7-3)23(17-24(22)32-6-2)29-12-14-31-15-13-29/h8-11,16-17H,5-7,12-15,18-19H2,1-4H3,(H,27,30). The van der Waals surface area contributed by atoms with Crippen molar-refractivity contribution in [1.29, 1.82) is 0 Å². The summed E-state index contributed by atoms with van der Waals surface area (Å²) in [5, 5.41) is 3.03. The molecule has 3 rings (SSSR count). The second kappa shape index (κ2) is 12.5. The second-order valence-corrected chi connectivity index (χ2v) is 8.17. The Morgan fingerprint density at radius 2 is 1.64 bits per heavy atom. The Morgan fingerprint density at radius 3 is 2.27 bits per heavy atom. The zero-order valence-corrected chi connectivity index (χ0v) is 20.4. The van der Waals surface area contributed by atoms with E-state index in [0.29, 0.717) is 44.4 Å². The summed E-state index contributed by atoms with van der Waals surface area (Å²) < 4.78 is 17.3. The summed E-state index contributed by atoms with van der Waals surface area (Å²) >= 11 is 0. The fourth-order valence-electron chi connectivity index (χ4n) is 3.93. The van der Waals surface area contributed by atoms with E-state index in [4.69, 9.17) is 14.2 Å². The number of carbonyl (C=O) groups is 1. The first kappa shape index (κ1) is 24.9. The molecule has 1 aliphatic heterocycles. The highest BCUT2D eigenvalue weighted by Crippen LogP contribution is 2.39. The van der Waals surface area contributed by atoms with E-state index in [1.165, 1.54) is 11.1 Å². The molecule has 0 radical (unpaired) electrons. The van der Waals surface area contributed by atoms with Crippen LogP contribution in [0.5, 0.6) is 11.5 Å². The lowest BCUT2D eigenvalue weighted by Crippen LogP contribution is -2.36. The highest BCUT2D eigenvalue weighted by Gasteiger charge is 2.20. The summed E-state index contributed by atoms with van der Waals surface area (Å²) in [5.41, 5.74) is 4.09. The first-order chi connectivity index (χ1) is 16.0. The first-order valence-corrected chi connectivity index (χ1v) is 11.9. The van der Waals surface area contributed by atoms with Gasteiger partial charge >= 0.3 is 0 Å². The van der Waals surface area contributed by atoms with Crippen LogP contribution in [0.4, 0.5) is 11.4 Å². The molecule has 0 spiro atoms. The van der Waals surface area contributed by atoms with Gasteiger partial charge in [0.05, 0.1) is 44.3 Å². The Balaban J connectivity index is 1.71. The van der Waals surface area contributed by atoms with Crippen molar-refractivity contribution in [3.8, 4) is 11.5 Å². The molecule has 0 atom stereocenters. The molecular formula is C26H37N3O4. The first-order valence-electron chi connectivity index (χ1n) is 11.9. The number of nitrogens with one attached hydrogen (secondary N) is 1. The van der Waals surface area contributed by atoms with Gasteiger partial charge in [0.2, 0.25) is 5.91 Å². The van der Waals surface area contributed by atoms with Crippen LogP contribution < -0.4 is 19.7 Å². The number of ether oxygens (including phenoxy) is 3. The van der Waals surface area contributed by atoms with Crippen molar-refractivity contribution in [1.82, 2.24) is 4.90 Å². The molecule has 0 aromatic heterocycles. The molecule has 1 fully saturated rings. The molecule has 7 heteroatoms. The molecule has 0 bridgehead atoms. The predicted octanol–water partition coefficient (Wildman–Crippen LogP) is 3.95. The van der Waals surface area contributed by atoms with E-state index in [0.717, 1.165) is 30.9 Å². The normalized spacial score (nSPS) is 13.8. The number of carbonyl (C=O) groups excluding carboxylic acids is 1. The van der Waals surface area contributed by atoms with Gasteiger partial charge in [-0.2, -0.15) is 0 Å². The summed E-state index contributed by atoms with van der Waals surface area (Å²) in [6.07, 6.45) is 1.02. The summed E-state index contributed by atoms with van der Waals surface area (Å²) in [6.45, 7) is 11.0. The van der Waals surface area contributed by atoms with Gasteiger partial charge in [0.15, 0.2) is 0 Å². The van der Waals surface area contributed by atoms with Gasteiger partial charge in [-0.25, -0.2) is 0 Å². The molecule has 1 N–H and O–H groups in total. The molecule has 33 heavy (non-hydrogen) atoms. The fourth-order valence-corrected chi connectivity index (χ4v) is 3.93. The van der Waals surface area contributed by atoms with Gasteiger partial charge in [0.25, 0.3) is 0 Å². The second-order valence-electron chi connectivity index (χ2n) is 8.17. The van der Waals surface area contributed by atoms with Crippen LogP contribution in [0.25, 0.3) is 0 Å². The minimum atomic E-state index is -0.0924. The van der Waals surface area contributed by atoms with Gasteiger partial charge in [-0.05, 0) is 38.4 Å². The molecule has 7 nitrogen and oxygen atoms in total. The highest BCUT2D eigenvalue weighted by atomic mass is 16.5. The number of morpholine rings is 1. The average Bonchev–Trinajstić information content (AvgIpc) is 2.82. The zero-order valence-electron chi connectivity index (χ0n) is 20.4. The van der Waals surface area contributed by atoms with Crippen molar-refractivity contribution in [2.45, 2.75) is 33.7 Å². The van der Waals surface area contributed by atoms with Crippen molar-refractivity contribution in [3.05, 3.63) is 47.5 Å². The molecule has 1 saturated heterocycles. The van der Waals surface area contributed by atoms with Gasteiger partial charge in [-0.15, -0.1) is 0 Å². The van der Waals surface area contributed by atoms with Crippen molar-refractivity contribution >= 4 is 17.3 Å². The third-order valence-corrected chi connectivity index (χ3v) is 5.58. The molecule has 1 heterocycles. The molecule has 0 unspecified atom stereocenters. The van der Waals surface area contributed by atoms with E-state index in [9.17, 15) is 4.79 Å². The van der Waals surface area contributed by atoms with Crippen molar-refractivity contribution < 1.29 is 19.0 Å². The Morgan fingerprint density at radius 1 is 1.00 bits per heavy atom. The molecule has 2 aromatic rings. The maximum Gasteiger partial charge on any atom is 0.238 e. The third-order valence-electron chi connectivity index (χ3n) is 5.58. The monoisotopic (exact) mass is 455 g/mol.